The summed E-state index contributed by atoms with van der Waals surface area (Å²) >= 11 is 0. The number of carbonyl (C=O) groups excluding carboxylic acids is 1. The molecule has 0 radical (unpaired) electrons. The summed E-state index contributed by atoms with van der Waals surface area (Å²) in [7, 11) is 1.46. The van der Waals surface area contributed by atoms with Crippen LogP contribution in [0.4, 0.5) is 4.39 Å². The van der Waals surface area contributed by atoms with Crippen LogP contribution in [-0.2, 0) is 6.42 Å². The number of hydrogen-bond acceptors (Lipinski definition) is 5. The molecule has 0 aliphatic heterocycles. The first-order valence-corrected chi connectivity index (χ1v) is 10.6. The molecule has 160 valence electrons. The van der Waals surface area contributed by atoms with Crippen molar-refractivity contribution in [3.63, 3.8) is 0 Å². The number of rotatable bonds is 6. The van der Waals surface area contributed by atoms with Crippen molar-refractivity contribution in [2.75, 3.05) is 7.11 Å². The fourth-order valence-electron chi connectivity index (χ4n) is 4.31. The maximum Gasteiger partial charge on any atom is 0.185 e. The molecule has 0 bridgehead atoms. The minimum Gasteiger partial charge on any atom is -0.496 e. The predicted octanol–water partition coefficient (Wildman–Crippen LogP) is 4.70. The van der Waals surface area contributed by atoms with Gasteiger partial charge in [-0.05, 0) is 60.9 Å². The van der Waals surface area contributed by atoms with Crippen LogP contribution in [-0.4, -0.2) is 28.9 Å². The molecule has 1 heterocycles. The van der Waals surface area contributed by atoms with E-state index in [1.165, 1.54) is 24.9 Å². The van der Waals surface area contributed by atoms with Gasteiger partial charge in [-0.15, -0.1) is 0 Å². The summed E-state index contributed by atoms with van der Waals surface area (Å²) in [4.78, 5) is 21.6. The van der Waals surface area contributed by atoms with Gasteiger partial charge in [0.15, 0.2) is 11.6 Å². The molecule has 0 spiro atoms. The van der Waals surface area contributed by atoms with Crippen molar-refractivity contribution in [1.29, 1.82) is 0 Å². The minimum atomic E-state index is -0.496. The first kappa shape index (κ1) is 21.1. The van der Waals surface area contributed by atoms with Crippen molar-refractivity contribution in [1.82, 2.24) is 9.97 Å². The zero-order valence-electron chi connectivity index (χ0n) is 17.6. The summed E-state index contributed by atoms with van der Waals surface area (Å²) in [6.07, 6.45) is 5.81. The van der Waals surface area contributed by atoms with E-state index in [2.05, 4.69) is 16.0 Å². The number of nitrogens with two attached hydrogens (primary N) is 1. The molecule has 0 amide bonds. The van der Waals surface area contributed by atoms with Crippen molar-refractivity contribution >= 4 is 5.78 Å². The molecular formula is C25H26FN3O2. The molecular weight excluding hydrogens is 393 g/mol. The van der Waals surface area contributed by atoms with E-state index in [4.69, 9.17) is 10.5 Å². The average Bonchev–Trinajstić information content (AvgIpc) is 2.80. The highest BCUT2D eigenvalue weighted by atomic mass is 19.1. The molecule has 1 aromatic heterocycles. The van der Waals surface area contributed by atoms with Crippen molar-refractivity contribution in [3.8, 4) is 17.1 Å². The van der Waals surface area contributed by atoms with Gasteiger partial charge in [-0.3, -0.25) is 4.79 Å². The number of ketones is 1. The van der Waals surface area contributed by atoms with E-state index in [9.17, 15) is 9.18 Å². The van der Waals surface area contributed by atoms with Crippen LogP contribution in [0.3, 0.4) is 0 Å². The van der Waals surface area contributed by atoms with Gasteiger partial charge in [0.1, 0.15) is 17.3 Å². The Kier molecular flexibility index (Phi) is 6.37. The highest BCUT2D eigenvalue weighted by Crippen LogP contribution is 2.34. The molecule has 0 atom stereocenters. The maximum absolute atomic E-state index is 14.4. The summed E-state index contributed by atoms with van der Waals surface area (Å²) in [5.41, 5.74) is 8.70. The molecule has 2 aromatic carbocycles. The predicted molar refractivity (Wildman–Crippen MR) is 118 cm³/mol. The monoisotopic (exact) mass is 419 g/mol. The number of carbonyl (C=O) groups is 1. The molecule has 1 aliphatic rings. The molecule has 0 unspecified atom stereocenters. The summed E-state index contributed by atoms with van der Waals surface area (Å²) in [5, 5.41) is 0. The Bertz CT molecular complexity index is 1080. The Morgan fingerprint density at radius 2 is 1.87 bits per heavy atom. The SMILES string of the molecule is COc1cccc(F)c1-c1nccc(C(=O)Cc2ccccc2C2CCC(N)CC2)n1. The van der Waals surface area contributed by atoms with Gasteiger partial charge in [-0.2, -0.15) is 0 Å². The summed E-state index contributed by atoms with van der Waals surface area (Å²) in [6, 6.07) is 14.5. The van der Waals surface area contributed by atoms with Crippen LogP contribution in [0, 0.1) is 5.82 Å². The molecule has 1 aliphatic carbocycles. The molecule has 4 rings (SSSR count). The Morgan fingerprint density at radius 3 is 2.65 bits per heavy atom. The van der Waals surface area contributed by atoms with E-state index < -0.39 is 5.82 Å². The highest BCUT2D eigenvalue weighted by Gasteiger charge is 2.23. The van der Waals surface area contributed by atoms with Crippen LogP contribution in [0.5, 0.6) is 5.75 Å². The van der Waals surface area contributed by atoms with E-state index in [-0.39, 0.29) is 35.3 Å². The van der Waals surface area contributed by atoms with Crippen molar-refractivity contribution in [2.45, 2.75) is 44.1 Å². The van der Waals surface area contributed by atoms with Gasteiger partial charge in [-0.25, -0.2) is 14.4 Å². The second-order valence-electron chi connectivity index (χ2n) is 7.99. The summed E-state index contributed by atoms with van der Waals surface area (Å²) < 4.78 is 19.7. The van der Waals surface area contributed by atoms with Gasteiger partial charge >= 0.3 is 0 Å². The molecule has 0 saturated heterocycles. The molecule has 5 nitrogen and oxygen atoms in total. The van der Waals surface area contributed by atoms with Gasteiger partial charge in [0, 0.05) is 18.7 Å². The van der Waals surface area contributed by atoms with Gasteiger partial charge in [0.2, 0.25) is 0 Å². The normalized spacial score (nSPS) is 18.5. The van der Waals surface area contributed by atoms with E-state index in [0.29, 0.717) is 11.7 Å². The zero-order chi connectivity index (χ0) is 21.8. The Balaban J connectivity index is 1.59. The third kappa shape index (κ3) is 4.64. The average molecular weight is 420 g/mol. The van der Waals surface area contributed by atoms with Gasteiger partial charge in [0.25, 0.3) is 0 Å². The van der Waals surface area contributed by atoms with Crippen LogP contribution in [0.15, 0.2) is 54.7 Å². The molecule has 31 heavy (non-hydrogen) atoms. The third-order valence-electron chi connectivity index (χ3n) is 5.98. The molecule has 1 fully saturated rings. The third-order valence-corrected chi connectivity index (χ3v) is 5.98. The number of aromatic nitrogens is 2. The van der Waals surface area contributed by atoms with E-state index in [1.54, 1.807) is 18.2 Å². The number of Topliss-reactive ketones (excluding diaryl/α,β-unsaturated/α-hetero) is 1. The number of nitrogens with zero attached hydrogens (tertiary/aromatic N) is 2. The van der Waals surface area contributed by atoms with Gasteiger partial charge in [0.05, 0.1) is 12.7 Å². The van der Waals surface area contributed by atoms with Gasteiger partial charge in [-0.1, -0.05) is 30.3 Å². The Morgan fingerprint density at radius 1 is 1.10 bits per heavy atom. The minimum absolute atomic E-state index is 0.126. The lowest BCUT2D eigenvalue weighted by Gasteiger charge is -2.27. The van der Waals surface area contributed by atoms with Gasteiger partial charge < -0.3 is 10.5 Å². The fraction of sp³-hybridized carbons (Fsp3) is 0.320. The largest absolute Gasteiger partial charge is 0.496 e. The number of methoxy groups -OCH3 is 1. The fourth-order valence-corrected chi connectivity index (χ4v) is 4.31. The van der Waals surface area contributed by atoms with Crippen molar-refractivity contribution < 1.29 is 13.9 Å². The lowest BCUT2D eigenvalue weighted by molar-refractivity contribution is 0.0987. The Hall–Kier alpha value is -3.12. The van der Waals surface area contributed by atoms with Crippen LogP contribution < -0.4 is 10.5 Å². The second-order valence-corrected chi connectivity index (χ2v) is 7.99. The maximum atomic E-state index is 14.4. The number of hydrogen-bond donors (Lipinski definition) is 1. The topological polar surface area (TPSA) is 78.1 Å². The van der Waals surface area contributed by atoms with Crippen LogP contribution in [0.2, 0.25) is 0 Å². The zero-order valence-corrected chi connectivity index (χ0v) is 17.6. The van der Waals surface area contributed by atoms with Crippen molar-refractivity contribution in [2.24, 2.45) is 5.73 Å². The molecule has 3 aromatic rings. The standard InChI is InChI=1S/C25H26FN3O2/c1-31-23-8-4-7-20(26)24(23)25-28-14-13-21(29-25)22(30)15-17-5-2-3-6-19(17)16-9-11-18(27)12-10-16/h2-8,13-14,16,18H,9-12,15,27H2,1H3. The van der Waals surface area contributed by atoms with Crippen LogP contribution >= 0.6 is 0 Å². The summed E-state index contributed by atoms with van der Waals surface area (Å²) in [6.45, 7) is 0. The molecule has 2 N–H and O–H groups in total. The quantitative estimate of drug-likeness (QED) is 0.586. The number of benzene rings is 2. The number of ether oxygens (including phenoxy) is 1. The second kappa shape index (κ2) is 9.35. The van der Waals surface area contributed by atoms with E-state index >= 15 is 0 Å². The smallest absolute Gasteiger partial charge is 0.185 e. The molecule has 1 saturated carbocycles. The Labute approximate surface area is 181 Å². The first-order chi connectivity index (χ1) is 15.1. The first-order valence-electron chi connectivity index (χ1n) is 10.6. The van der Waals surface area contributed by atoms with Crippen LogP contribution in [0.25, 0.3) is 11.4 Å². The van der Waals surface area contributed by atoms with E-state index in [1.807, 2.05) is 18.2 Å². The lowest BCUT2D eigenvalue weighted by atomic mass is 9.79. The van der Waals surface area contributed by atoms with Crippen LogP contribution in [0.1, 0.15) is 53.2 Å². The number of halogens is 1. The lowest BCUT2D eigenvalue weighted by Crippen LogP contribution is -2.26. The van der Waals surface area contributed by atoms with Crippen molar-refractivity contribution in [3.05, 3.63) is 77.4 Å². The summed E-state index contributed by atoms with van der Waals surface area (Å²) in [5.74, 6) is 0.261. The van der Waals surface area contributed by atoms with E-state index in [0.717, 1.165) is 31.2 Å². The molecule has 6 heteroatoms. The highest BCUT2D eigenvalue weighted by molar-refractivity contribution is 5.96.